The summed E-state index contributed by atoms with van der Waals surface area (Å²) in [5.74, 6) is 0. The molecule has 2 aromatic rings. The van der Waals surface area contributed by atoms with Crippen LogP contribution in [0.5, 0.6) is 0 Å². The standard InChI is InChI=1S/C16H23N5S.ClH/c1-5-20(11-15(1)21-6-3-17-4-7-21)10-14-9-18-19-16(14)13-2-8-22-12-13;/h2,8-9,12,15,17H,1,3-7,10-11H2,(H,18,19);1H. The molecule has 4 rings (SSSR count). The zero-order valence-electron chi connectivity index (χ0n) is 13.2. The molecular formula is C16H24ClN5S. The number of nitrogens with one attached hydrogen (secondary N) is 2. The number of halogens is 1. The summed E-state index contributed by atoms with van der Waals surface area (Å²) in [5, 5.41) is 15.2. The number of aromatic amines is 1. The van der Waals surface area contributed by atoms with Gasteiger partial charge in [-0.15, -0.1) is 12.4 Å². The largest absolute Gasteiger partial charge is 0.314 e. The minimum absolute atomic E-state index is 0. The van der Waals surface area contributed by atoms with Gasteiger partial charge in [-0.05, 0) is 17.9 Å². The number of thiophene rings is 1. The lowest BCUT2D eigenvalue weighted by molar-refractivity contribution is 0.170. The quantitative estimate of drug-likeness (QED) is 0.883. The monoisotopic (exact) mass is 353 g/mol. The van der Waals surface area contributed by atoms with Crippen molar-refractivity contribution in [3.8, 4) is 11.3 Å². The molecule has 1 unspecified atom stereocenters. The number of piperazine rings is 1. The Morgan fingerprint density at radius 3 is 2.91 bits per heavy atom. The second kappa shape index (κ2) is 7.77. The summed E-state index contributed by atoms with van der Waals surface area (Å²) in [4.78, 5) is 5.24. The van der Waals surface area contributed by atoms with Gasteiger partial charge in [0.1, 0.15) is 0 Å². The van der Waals surface area contributed by atoms with E-state index in [4.69, 9.17) is 0 Å². The van der Waals surface area contributed by atoms with Gasteiger partial charge in [0, 0.05) is 68.4 Å². The molecule has 0 bridgehead atoms. The number of hydrogen-bond donors (Lipinski definition) is 2. The molecule has 7 heteroatoms. The molecule has 2 aliphatic rings. The lowest BCUT2D eigenvalue weighted by atomic mass is 10.1. The van der Waals surface area contributed by atoms with E-state index in [0.29, 0.717) is 0 Å². The fourth-order valence-electron chi connectivity index (χ4n) is 3.63. The fraction of sp³-hybridized carbons (Fsp3) is 0.562. The van der Waals surface area contributed by atoms with Crippen molar-refractivity contribution in [2.24, 2.45) is 0 Å². The third-order valence-electron chi connectivity index (χ3n) is 4.84. The van der Waals surface area contributed by atoms with Gasteiger partial charge in [-0.2, -0.15) is 16.4 Å². The van der Waals surface area contributed by atoms with E-state index in [0.717, 1.165) is 25.7 Å². The normalized spacial score (nSPS) is 23.0. The maximum Gasteiger partial charge on any atom is 0.0703 e. The van der Waals surface area contributed by atoms with Crippen LogP contribution in [0.25, 0.3) is 11.3 Å². The third-order valence-corrected chi connectivity index (χ3v) is 5.52. The van der Waals surface area contributed by atoms with Gasteiger partial charge in [-0.1, -0.05) is 0 Å². The number of aromatic nitrogens is 2. The fourth-order valence-corrected chi connectivity index (χ4v) is 4.28. The Morgan fingerprint density at radius 2 is 2.13 bits per heavy atom. The van der Waals surface area contributed by atoms with Gasteiger partial charge < -0.3 is 5.32 Å². The van der Waals surface area contributed by atoms with Crippen molar-refractivity contribution in [3.05, 3.63) is 28.6 Å². The zero-order valence-corrected chi connectivity index (χ0v) is 14.8. The van der Waals surface area contributed by atoms with Gasteiger partial charge in [0.2, 0.25) is 0 Å². The Kier molecular flexibility index (Phi) is 5.71. The van der Waals surface area contributed by atoms with E-state index in [1.807, 2.05) is 6.20 Å². The summed E-state index contributed by atoms with van der Waals surface area (Å²) < 4.78 is 0. The Morgan fingerprint density at radius 1 is 1.26 bits per heavy atom. The van der Waals surface area contributed by atoms with Gasteiger partial charge in [0.05, 0.1) is 11.9 Å². The van der Waals surface area contributed by atoms with Crippen LogP contribution in [0, 0.1) is 0 Å². The molecule has 2 saturated heterocycles. The summed E-state index contributed by atoms with van der Waals surface area (Å²) in [6.07, 6.45) is 3.29. The summed E-state index contributed by atoms with van der Waals surface area (Å²) in [6.45, 7) is 8.07. The van der Waals surface area contributed by atoms with Crippen molar-refractivity contribution < 1.29 is 0 Å². The number of hydrogen-bond acceptors (Lipinski definition) is 5. The maximum absolute atomic E-state index is 4.26. The van der Waals surface area contributed by atoms with Crippen molar-refractivity contribution >= 4 is 23.7 Å². The topological polar surface area (TPSA) is 47.2 Å². The van der Waals surface area contributed by atoms with Gasteiger partial charge in [0.25, 0.3) is 0 Å². The molecule has 2 N–H and O–H groups in total. The average molecular weight is 354 g/mol. The minimum atomic E-state index is 0. The molecule has 0 saturated carbocycles. The molecule has 4 heterocycles. The molecule has 2 aromatic heterocycles. The summed E-state index contributed by atoms with van der Waals surface area (Å²) >= 11 is 1.73. The molecular weight excluding hydrogens is 330 g/mol. The van der Waals surface area contributed by atoms with Crippen LogP contribution in [-0.2, 0) is 6.54 Å². The molecule has 0 aliphatic carbocycles. The number of nitrogens with zero attached hydrogens (tertiary/aromatic N) is 3. The van der Waals surface area contributed by atoms with Crippen LogP contribution in [0.1, 0.15) is 12.0 Å². The molecule has 1 atom stereocenters. The Bertz CT molecular complexity index is 593. The molecule has 0 aromatic carbocycles. The SMILES string of the molecule is Cl.c1cc(-c2[nH]ncc2CN2CCC(N3CCNCC3)C2)cs1. The first kappa shape index (κ1) is 16.9. The lowest BCUT2D eigenvalue weighted by Crippen LogP contribution is -2.49. The molecule has 0 spiro atoms. The smallest absolute Gasteiger partial charge is 0.0703 e. The highest BCUT2D eigenvalue weighted by Crippen LogP contribution is 2.26. The molecule has 23 heavy (non-hydrogen) atoms. The minimum Gasteiger partial charge on any atom is -0.314 e. The number of likely N-dealkylation sites (tertiary alicyclic amines) is 1. The summed E-state index contributed by atoms with van der Waals surface area (Å²) in [5.41, 5.74) is 3.77. The van der Waals surface area contributed by atoms with Crippen molar-refractivity contribution in [2.75, 3.05) is 39.3 Å². The summed E-state index contributed by atoms with van der Waals surface area (Å²) in [7, 11) is 0. The van der Waals surface area contributed by atoms with Crippen LogP contribution in [-0.4, -0.2) is 65.3 Å². The van der Waals surface area contributed by atoms with Crippen LogP contribution < -0.4 is 5.32 Å². The zero-order chi connectivity index (χ0) is 14.8. The lowest BCUT2D eigenvalue weighted by Gasteiger charge is -2.32. The predicted octanol–water partition coefficient (Wildman–Crippen LogP) is 2.04. The van der Waals surface area contributed by atoms with Crippen molar-refractivity contribution in [2.45, 2.75) is 19.0 Å². The predicted molar refractivity (Wildman–Crippen MR) is 97.3 cm³/mol. The second-order valence-corrected chi connectivity index (χ2v) is 7.03. The molecule has 0 radical (unpaired) electrons. The molecule has 2 fully saturated rings. The third kappa shape index (κ3) is 3.78. The molecule has 2 aliphatic heterocycles. The van der Waals surface area contributed by atoms with E-state index in [2.05, 4.69) is 42.1 Å². The van der Waals surface area contributed by atoms with Crippen molar-refractivity contribution in [1.29, 1.82) is 0 Å². The van der Waals surface area contributed by atoms with Crippen LogP contribution in [0.15, 0.2) is 23.0 Å². The van der Waals surface area contributed by atoms with Gasteiger partial charge in [0.15, 0.2) is 0 Å². The average Bonchev–Trinajstić information content (AvgIpc) is 3.30. The van der Waals surface area contributed by atoms with E-state index in [9.17, 15) is 0 Å². The van der Waals surface area contributed by atoms with E-state index in [1.54, 1.807) is 11.3 Å². The Labute approximate surface area is 147 Å². The van der Waals surface area contributed by atoms with Crippen molar-refractivity contribution in [3.63, 3.8) is 0 Å². The van der Waals surface area contributed by atoms with Gasteiger partial charge in [-0.25, -0.2) is 0 Å². The van der Waals surface area contributed by atoms with E-state index >= 15 is 0 Å². The van der Waals surface area contributed by atoms with Crippen LogP contribution >= 0.6 is 23.7 Å². The highest BCUT2D eigenvalue weighted by molar-refractivity contribution is 7.08. The maximum atomic E-state index is 4.26. The van der Waals surface area contributed by atoms with Gasteiger partial charge in [-0.3, -0.25) is 14.9 Å². The number of H-pyrrole nitrogens is 1. The highest BCUT2D eigenvalue weighted by atomic mass is 35.5. The molecule has 5 nitrogen and oxygen atoms in total. The van der Waals surface area contributed by atoms with E-state index in [-0.39, 0.29) is 12.4 Å². The van der Waals surface area contributed by atoms with E-state index < -0.39 is 0 Å². The Hall–Kier alpha value is -0.920. The van der Waals surface area contributed by atoms with Gasteiger partial charge >= 0.3 is 0 Å². The second-order valence-electron chi connectivity index (χ2n) is 6.25. The molecule has 0 amide bonds. The van der Waals surface area contributed by atoms with Crippen LogP contribution in [0.2, 0.25) is 0 Å². The van der Waals surface area contributed by atoms with Crippen LogP contribution in [0.3, 0.4) is 0 Å². The number of rotatable bonds is 4. The highest BCUT2D eigenvalue weighted by Gasteiger charge is 2.28. The summed E-state index contributed by atoms with van der Waals surface area (Å²) in [6, 6.07) is 2.90. The molecule has 126 valence electrons. The van der Waals surface area contributed by atoms with Crippen molar-refractivity contribution in [1.82, 2.24) is 25.3 Å². The first-order valence-corrected chi connectivity index (χ1v) is 9.06. The Balaban J connectivity index is 0.00000156. The first-order chi connectivity index (χ1) is 10.9. The van der Waals surface area contributed by atoms with Crippen LogP contribution in [0.4, 0.5) is 0 Å². The van der Waals surface area contributed by atoms with E-state index in [1.165, 1.54) is 49.4 Å². The first-order valence-electron chi connectivity index (χ1n) is 8.12.